The molecular weight excluding hydrogens is 440 g/mol. The van der Waals surface area contributed by atoms with Crippen LogP contribution >= 0.6 is 11.6 Å². The van der Waals surface area contributed by atoms with Crippen LogP contribution in [0, 0.1) is 6.92 Å². The number of rotatable bonds is 5. The standard InChI is InChI=1S/C23H23ClN8O/c1-3-31(19-12-15(24)5-4-14(19)2)23-27-13-18-21(30-23)32(16-7-10-33-11-8-16)20(28-18)17-6-9-26-22(25)29-17/h3-6,9,12-13,16H,1,7-8,10-11H2,2H3,(H2,25,26,29). The summed E-state index contributed by atoms with van der Waals surface area (Å²) < 4.78 is 7.71. The molecular formula is C23H23ClN8O. The Morgan fingerprint density at radius 1 is 1.18 bits per heavy atom. The number of benzene rings is 1. The fraction of sp³-hybridized carbons (Fsp3) is 0.261. The fourth-order valence-corrected chi connectivity index (χ4v) is 4.26. The van der Waals surface area contributed by atoms with Gasteiger partial charge in [0.15, 0.2) is 11.5 Å². The zero-order valence-corrected chi connectivity index (χ0v) is 18.9. The van der Waals surface area contributed by atoms with Gasteiger partial charge in [-0.05, 0) is 43.5 Å². The number of fused-ring (bicyclic) bond motifs is 1. The zero-order valence-electron chi connectivity index (χ0n) is 18.1. The van der Waals surface area contributed by atoms with E-state index in [0.717, 1.165) is 24.1 Å². The first-order valence-electron chi connectivity index (χ1n) is 10.6. The van der Waals surface area contributed by atoms with Gasteiger partial charge in [-0.3, -0.25) is 4.90 Å². The number of halogens is 1. The molecule has 1 fully saturated rings. The van der Waals surface area contributed by atoms with Crippen LogP contribution in [0.25, 0.3) is 22.7 Å². The number of nitrogen functional groups attached to an aromatic ring is 1. The van der Waals surface area contributed by atoms with Crippen LogP contribution in [0.15, 0.2) is 49.4 Å². The fourth-order valence-electron chi connectivity index (χ4n) is 4.10. The lowest BCUT2D eigenvalue weighted by molar-refractivity contribution is 0.0708. The molecule has 9 nitrogen and oxygen atoms in total. The summed E-state index contributed by atoms with van der Waals surface area (Å²) in [7, 11) is 0. The van der Waals surface area contributed by atoms with Crippen LogP contribution < -0.4 is 10.6 Å². The van der Waals surface area contributed by atoms with Crippen molar-refractivity contribution >= 4 is 40.3 Å². The maximum Gasteiger partial charge on any atom is 0.236 e. The monoisotopic (exact) mass is 462 g/mol. The molecule has 0 aliphatic carbocycles. The number of ether oxygens (including phenoxy) is 1. The van der Waals surface area contributed by atoms with E-state index in [-0.39, 0.29) is 12.0 Å². The maximum atomic E-state index is 6.26. The lowest BCUT2D eigenvalue weighted by Crippen LogP contribution is -2.21. The van der Waals surface area contributed by atoms with Crippen molar-refractivity contribution in [2.45, 2.75) is 25.8 Å². The van der Waals surface area contributed by atoms with Crippen molar-refractivity contribution in [2.75, 3.05) is 23.8 Å². The quantitative estimate of drug-likeness (QED) is 0.463. The molecule has 0 unspecified atom stereocenters. The van der Waals surface area contributed by atoms with Crippen molar-refractivity contribution in [2.24, 2.45) is 0 Å². The third-order valence-corrected chi connectivity index (χ3v) is 5.94. The van der Waals surface area contributed by atoms with Gasteiger partial charge in [-0.1, -0.05) is 24.2 Å². The zero-order chi connectivity index (χ0) is 22.9. The van der Waals surface area contributed by atoms with Crippen LogP contribution in [0.5, 0.6) is 0 Å². The minimum Gasteiger partial charge on any atom is -0.381 e. The van der Waals surface area contributed by atoms with E-state index in [0.29, 0.717) is 46.9 Å². The van der Waals surface area contributed by atoms with E-state index < -0.39 is 0 Å². The molecule has 1 aromatic carbocycles. The van der Waals surface area contributed by atoms with Crippen molar-refractivity contribution in [3.05, 3.63) is 60.0 Å². The molecule has 3 aromatic heterocycles. The number of nitrogens with two attached hydrogens (primary N) is 1. The highest BCUT2D eigenvalue weighted by molar-refractivity contribution is 6.30. The van der Waals surface area contributed by atoms with Gasteiger partial charge in [0.05, 0.1) is 11.9 Å². The van der Waals surface area contributed by atoms with E-state index in [9.17, 15) is 0 Å². The molecule has 2 N–H and O–H groups in total. The summed E-state index contributed by atoms with van der Waals surface area (Å²) in [5.74, 6) is 1.35. The first-order chi connectivity index (χ1) is 16.0. The van der Waals surface area contributed by atoms with Crippen LogP contribution in [0.4, 0.5) is 17.6 Å². The van der Waals surface area contributed by atoms with Crippen molar-refractivity contribution < 1.29 is 4.74 Å². The van der Waals surface area contributed by atoms with E-state index in [1.807, 2.05) is 30.0 Å². The Morgan fingerprint density at radius 2 is 2.00 bits per heavy atom. The molecule has 0 radical (unpaired) electrons. The maximum absolute atomic E-state index is 6.26. The van der Waals surface area contributed by atoms with Gasteiger partial charge in [0.25, 0.3) is 0 Å². The van der Waals surface area contributed by atoms with E-state index in [1.54, 1.807) is 24.7 Å². The largest absolute Gasteiger partial charge is 0.381 e. The van der Waals surface area contributed by atoms with Gasteiger partial charge < -0.3 is 15.0 Å². The SMILES string of the molecule is C=CN(c1ncc2nc(-c3ccnc(N)n3)n(C3CCOCC3)c2n1)c1cc(Cl)ccc1C. The third kappa shape index (κ3) is 4.01. The molecule has 0 amide bonds. The second-order valence-electron chi connectivity index (χ2n) is 7.81. The number of aryl methyl sites for hydroxylation is 1. The van der Waals surface area contributed by atoms with Crippen molar-refractivity contribution in [3.8, 4) is 11.5 Å². The number of hydrogen-bond donors (Lipinski definition) is 1. The molecule has 1 saturated heterocycles. The Bertz CT molecular complexity index is 1330. The first-order valence-corrected chi connectivity index (χ1v) is 11.0. The summed E-state index contributed by atoms with van der Waals surface area (Å²) in [5.41, 5.74) is 9.76. The highest BCUT2D eigenvalue weighted by Crippen LogP contribution is 2.34. The molecule has 1 aliphatic heterocycles. The van der Waals surface area contributed by atoms with Gasteiger partial charge in [-0.25, -0.2) is 19.9 Å². The Labute approximate surface area is 195 Å². The van der Waals surface area contributed by atoms with E-state index in [4.69, 9.17) is 32.0 Å². The summed E-state index contributed by atoms with van der Waals surface area (Å²) in [4.78, 5) is 24.6. The second kappa shape index (κ2) is 8.76. The summed E-state index contributed by atoms with van der Waals surface area (Å²) in [6.45, 7) is 7.33. The van der Waals surface area contributed by atoms with Gasteiger partial charge >= 0.3 is 0 Å². The summed E-state index contributed by atoms with van der Waals surface area (Å²) >= 11 is 6.26. The number of nitrogens with zero attached hydrogens (tertiary/aromatic N) is 7. The average molecular weight is 463 g/mol. The molecule has 4 aromatic rings. The van der Waals surface area contributed by atoms with Crippen molar-refractivity contribution in [1.82, 2.24) is 29.5 Å². The number of anilines is 3. The number of imidazole rings is 1. The van der Waals surface area contributed by atoms with Gasteiger partial charge in [-0.2, -0.15) is 4.98 Å². The van der Waals surface area contributed by atoms with Gasteiger partial charge in [0, 0.05) is 36.7 Å². The molecule has 10 heteroatoms. The third-order valence-electron chi connectivity index (χ3n) is 5.71. The predicted octanol–water partition coefficient (Wildman–Crippen LogP) is 4.46. The van der Waals surface area contributed by atoms with Crippen molar-refractivity contribution in [1.29, 1.82) is 0 Å². The van der Waals surface area contributed by atoms with Crippen molar-refractivity contribution in [3.63, 3.8) is 0 Å². The second-order valence-corrected chi connectivity index (χ2v) is 8.25. The van der Waals surface area contributed by atoms with Crippen LogP contribution in [-0.4, -0.2) is 42.7 Å². The smallest absolute Gasteiger partial charge is 0.236 e. The minimum absolute atomic E-state index is 0.155. The molecule has 168 valence electrons. The molecule has 0 atom stereocenters. The summed E-state index contributed by atoms with van der Waals surface area (Å²) in [5, 5.41) is 0.624. The molecule has 33 heavy (non-hydrogen) atoms. The van der Waals surface area contributed by atoms with Gasteiger partial charge in [0.1, 0.15) is 11.2 Å². The van der Waals surface area contributed by atoms with Crippen LogP contribution in [0.2, 0.25) is 5.02 Å². The van der Waals surface area contributed by atoms with Crippen LogP contribution in [0.3, 0.4) is 0 Å². The lowest BCUT2D eigenvalue weighted by atomic mass is 10.1. The van der Waals surface area contributed by atoms with Gasteiger partial charge in [-0.15, -0.1) is 0 Å². The normalized spacial score (nSPS) is 14.5. The molecule has 5 rings (SSSR count). The highest BCUT2D eigenvalue weighted by atomic mass is 35.5. The Morgan fingerprint density at radius 3 is 2.76 bits per heavy atom. The van der Waals surface area contributed by atoms with Gasteiger partial charge in [0.2, 0.25) is 11.9 Å². The molecule has 4 heterocycles. The van der Waals surface area contributed by atoms with Crippen LogP contribution in [-0.2, 0) is 4.74 Å². The molecule has 0 saturated carbocycles. The predicted molar refractivity (Wildman–Crippen MR) is 128 cm³/mol. The topological polar surface area (TPSA) is 108 Å². The first kappa shape index (κ1) is 21.3. The Kier molecular flexibility index (Phi) is 5.65. The lowest BCUT2D eigenvalue weighted by Gasteiger charge is -2.25. The molecule has 0 spiro atoms. The van der Waals surface area contributed by atoms with E-state index in [2.05, 4.69) is 26.1 Å². The minimum atomic E-state index is 0.155. The number of aromatic nitrogens is 6. The summed E-state index contributed by atoms with van der Waals surface area (Å²) in [6.07, 6.45) is 6.72. The Balaban J connectivity index is 1.69. The Hall–Kier alpha value is -3.56. The van der Waals surface area contributed by atoms with E-state index in [1.165, 1.54) is 0 Å². The highest BCUT2D eigenvalue weighted by Gasteiger charge is 2.25. The average Bonchev–Trinajstić information content (AvgIpc) is 3.21. The molecule has 1 aliphatic rings. The van der Waals surface area contributed by atoms with E-state index >= 15 is 0 Å². The summed E-state index contributed by atoms with van der Waals surface area (Å²) in [6, 6.07) is 7.63. The molecule has 0 bridgehead atoms. The van der Waals surface area contributed by atoms with Crippen LogP contribution in [0.1, 0.15) is 24.4 Å². The number of hydrogen-bond acceptors (Lipinski definition) is 8.